The molecule has 0 aromatic carbocycles. The summed E-state index contributed by atoms with van der Waals surface area (Å²) in [5, 5.41) is 3.88. The van der Waals surface area contributed by atoms with Crippen LogP contribution in [0.3, 0.4) is 0 Å². The molecular formula is C7H11N3OS. The van der Waals surface area contributed by atoms with Crippen LogP contribution in [0.1, 0.15) is 19.0 Å². The summed E-state index contributed by atoms with van der Waals surface area (Å²) in [7, 11) is 0. The Kier molecular flexibility index (Phi) is 2.65. The van der Waals surface area contributed by atoms with Crippen molar-refractivity contribution in [2.24, 2.45) is 0 Å². The predicted octanol–water partition coefficient (Wildman–Crippen LogP) is 1.38. The number of hydrogen-bond donors (Lipinski definition) is 2. The normalized spacial score (nSPS) is 9.83. The van der Waals surface area contributed by atoms with E-state index in [0.717, 1.165) is 5.69 Å². The van der Waals surface area contributed by atoms with Crippen LogP contribution in [0.5, 0.6) is 0 Å². The summed E-state index contributed by atoms with van der Waals surface area (Å²) in [4.78, 5) is 15.0. The van der Waals surface area contributed by atoms with E-state index in [4.69, 9.17) is 5.73 Å². The number of aryl methyl sites for hydroxylation is 1. The topological polar surface area (TPSA) is 68.0 Å². The summed E-state index contributed by atoms with van der Waals surface area (Å²) in [6.07, 6.45) is 0.457. The highest BCUT2D eigenvalue weighted by Crippen LogP contribution is 2.24. The maximum atomic E-state index is 10.9. The van der Waals surface area contributed by atoms with Gasteiger partial charge in [-0.3, -0.25) is 4.79 Å². The van der Waals surface area contributed by atoms with Crippen molar-refractivity contribution in [3.8, 4) is 0 Å². The van der Waals surface area contributed by atoms with E-state index in [2.05, 4.69) is 10.3 Å². The fraction of sp³-hybridized carbons (Fsp3) is 0.429. The smallest absolute Gasteiger partial charge is 0.225 e. The van der Waals surface area contributed by atoms with Gasteiger partial charge in [0.05, 0.1) is 5.69 Å². The third-order valence-corrected chi connectivity index (χ3v) is 2.30. The van der Waals surface area contributed by atoms with Crippen LogP contribution in [0.25, 0.3) is 0 Å². The summed E-state index contributed by atoms with van der Waals surface area (Å²) in [5.74, 6) is -0.0382. The minimum absolute atomic E-state index is 0.0382. The number of aromatic nitrogens is 1. The first kappa shape index (κ1) is 8.99. The maximum absolute atomic E-state index is 10.9. The van der Waals surface area contributed by atoms with E-state index in [1.54, 1.807) is 6.92 Å². The van der Waals surface area contributed by atoms with Crippen molar-refractivity contribution in [3.05, 3.63) is 5.69 Å². The molecule has 1 aromatic heterocycles. The Balaban J connectivity index is 2.70. The van der Waals surface area contributed by atoms with E-state index < -0.39 is 0 Å². The molecule has 5 heteroatoms. The van der Waals surface area contributed by atoms with Crippen LogP contribution in [-0.2, 0) is 4.79 Å². The maximum Gasteiger partial charge on any atom is 0.225 e. The minimum atomic E-state index is -0.0382. The first-order valence-electron chi connectivity index (χ1n) is 3.66. The lowest BCUT2D eigenvalue weighted by molar-refractivity contribution is -0.115. The van der Waals surface area contributed by atoms with Crippen molar-refractivity contribution in [1.29, 1.82) is 0 Å². The first-order valence-corrected chi connectivity index (χ1v) is 4.48. The van der Waals surface area contributed by atoms with E-state index in [9.17, 15) is 4.79 Å². The quantitative estimate of drug-likeness (QED) is 0.731. The average molecular weight is 185 g/mol. The van der Waals surface area contributed by atoms with Crippen LogP contribution in [0.2, 0.25) is 0 Å². The number of amides is 1. The fourth-order valence-corrected chi connectivity index (χ4v) is 1.42. The van der Waals surface area contributed by atoms with Gasteiger partial charge in [-0.15, -0.1) is 0 Å². The fourth-order valence-electron chi connectivity index (χ4n) is 0.669. The number of carbonyl (C=O) groups is 1. The standard InChI is InChI=1S/C7H11N3OS/c1-3-5(11)10-7-9-4(2)6(8)12-7/h3,8H2,1-2H3,(H,9,10,11). The minimum Gasteiger partial charge on any atom is -0.389 e. The number of rotatable bonds is 2. The van der Waals surface area contributed by atoms with E-state index in [0.29, 0.717) is 16.6 Å². The van der Waals surface area contributed by atoms with Crippen molar-refractivity contribution in [2.45, 2.75) is 20.3 Å². The summed E-state index contributed by atoms with van der Waals surface area (Å²) >= 11 is 1.29. The molecular weight excluding hydrogens is 174 g/mol. The molecule has 1 aromatic rings. The van der Waals surface area contributed by atoms with Gasteiger partial charge in [-0.25, -0.2) is 4.98 Å². The van der Waals surface area contributed by atoms with Crippen molar-refractivity contribution >= 4 is 27.4 Å². The second-order valence-corrected chi connectivity index (χ2v) is 3.40. The number of nitrogen functional groups attached to an aromatic ring is 1. The molecule has 0 spiro atoms. The summed E-state index contributed by atoms with van der Waals surface area (Å²) in [6.45, 7) is 3.60. The third-order valence-electron chi connectivity index (χ3n) is 1.40. The number of nitrogens with two attached hydrogens (primary N) is 1. The Morgan fingerprint density at radius 2 is 2.42 bits per heavy atom. The SMILES string of the molecule is CCC(=O)Nc1nc(C)c(N)s1. The molecule has 1 heterocycles. The van der Waals surface area contributed by atoms with Crippen LogP contribution in [0.15, 0.2) is 0 Å². The number of anilines is 2. The van der Waals surface area contributed by atoms with Crippen LogP contribution in [0, 0.1) is 6.92 Å². The van der Waals surface area contributed by atoms with Crippen molar-refractivity contribution in [3.63, 3.8) is 0 Å². The number of nitrogens with zero attached hydrogens (tertiary/aromatic N) is 1. The molecule has 1 amide bonds. The van der Waals surface area contributed by atoms with Crippen molar-refractivity contribution < 1.29 is 4.79 Å². The lowest BCUT2D eigenvalue weighted by Gasteiger charge is -1.95. The van der Waals surface area contributed by atoms with Gasteiger partial charge < -0.3 is 11.1 Å². The van der Waals surface area contributed by atoms with E-state index >= 15 is 0 Å². The Bertz CT molecular complexity index is 275. The van der Waals surface area contributed by atoms with Gasteiger partial charge in [0.2, 0.25) is 5.91 Å². The van der Waals surface area contributed by atoms with Crippen LogP contribution in [0.4, 0.5) is 10.1 Å². The third kappa shape index (κ3) is 1.94. The molecule has 0 aliphatic rings. The van der Waals surface area contributed by atoms with Gasteiger partial charge >= 0.3 is 0 Å². The number of thiazole rings is 1. The molecule has 12 heavy (non-hydrogen) atoms. The first-order chi connectivity index (χ1) is 5.63. The zero-order chi connectivity index (χ0) is 9.14. The van der Waals surface area contributed by atoms with Crippen LogP contribution < -0.4 is 11.1 Å². The lowest BCUT2D eigenvalue weighted by Crippen LogP contribution is -2.08. The monoisotopic (exact) mass is 185 g/mol. The molecule has 4 nitrogen and oxygen atoms in total. The zero-order valence-electron chi connectivity index (χ0n) is 7.05. The lowest BCUT2D eigenvalue weighted by atomic mass is 10.5. The molecule has 0 aliphatic carbocycles. The van der Waals surface area contributed by atoms with Gasteiger partial charge in [0, 0.05) is 6.42 Å². The number of carbonyl (C=O) groups excluding carboxylic acids is 1. The van der Waals surface area contributed by atoms with E-state index in [1.807, 2.05) is 6.92 Å². The van der Waals surface area contributed by atoms with Crippen LogP contribution in [-0.4, -0.2) is 10.9 Å². The van der Waals surface area contributed by atoms with E-state index in [1.165, 1.54) is 11.3 Å². The molecule has 0 radical (unpaired) electrons. The number of nitrogens with one attached hydrogen (secondary N) is 1. The highest BCUT2D eigenvalue weighted by atomic mass is 32.1. The molecule has 0 atom stereocenters. The predicted molar refractivity (Wildman–Crippen MR) is 50.2 cm³/mol. The average Bonchev–Trinajstić information content (AvgIpc) is 2.31. The van der Waals surface area contributed by atoms with Gasteiger partial charge in [0.1, 0.15) is 5.00 Å². The highest BCUT2D eigenvalue weighted by molar-refractivity contribution is 7.19. The molecule has 0 fully saturated rings. The second kappa shape index (κ2) is 3.53. The van der Waals surface area contributed by atoms with Crippen molar-refractivity contribution in [2.75, 3.05) is 11.1 Å². The Hall–Kier alpha value is -1.10. The summed E-state index contributed by atoms with van der Waals surface area (Å²) in [5.41, 5.74) is 6.33. The Morgan fingerprint density at radius 1 is 1.75 bits per heavy atom. The molecule has 0 aliphatic heterocycles. The Labute approximate surface area is 74.8 Å². The van der Waals surface area contributed by atoms with Gasteiger partial charge in [-0.05, 0) is 6.92 Å². The second-order valence-electron chi connectivity index (χ2n) is 2.37. The summed E-state index contributed by atoms with van der Waals surface area (Å²) < 4.78 is 0. The Morgan fingerprint density at radius 3 is 2.83 bits per heavy atom. The van der Waals surface area contributed by atoms with Gasteiger partial charge in [0.25, 0.3) is 0 Å². The van der Waals surface area contributed by atoms with E-state index in [-0.39, 0.29) is 5.91 Å². The highest BCUT2D eigenvalue weighted by Gasteiger charge is 2.05. The summed E-state index contributed by atoms with van der Waals surface area (Å²) in [6, 6.07) is 0. The molecule has 0 bridgehead atoms. The number of hydrogen-bond acceptors (Lipinski definition) is 4. The zero-order valence-corrected chi connectivity index (χ0v) is 7.86. The van der Waals surface area contributed by atoms with Gasteiger partial charge in [0.15, 0.2) is 5.13 Å². The molecule has 1 rings (SSSR count). The van der Waals surface area contributed by atoms with Gasteiger partial charge in [-0.2, -0.15) is 0 Å². The molecule has 0 saturated carbocycles. The van der Waals surface area contributed by atoms with Crippen LogP contribution >= 0.6 is 11.3 Å². The molecule has 0 unspecified atom stereocenters. The largest absolute Gasteiger partial charge is 0.389 e. The molecule has 0 saturated heterocycles. The van der Waals surface area contributed by atoms with Crippen molar-refractivity contribution in [1.82, 2.24) is 4.98 Å². The molecule has 3 N–H and O–H groups in total. The van der Waals surface area contributed by atoms with Gasteiger partial charge in [-0.1, -0.05) is 18.3 Å². The molecule has 66 valence electrons.